The first kappa shape index (κ1) is 12.2. The monoisotopic (exact) mass is 247 g/mol. The van der Waals surface area contributed by atoms with Crippen LogP contribution in [0, 0.1) is 6.92 Å². The highest BCUT2D eigenvalue weighted by molar-refractivity contribution is 5.84. The maximum atomic E-state index is 10.8. The highest BCUT2D eigenvalue weighted by Gasteiger charge is 2.22. The van der Waals surface area contributed by atoms with Gasteiger partial charge in [0.2, 0.25) is 6.41 Å². The van der Waals surface area contributed by atoms with Gasteiger partial charge in [0.15, 0.2) is 0 Å². The number of hydrogen-bond donors (Lipinski definition) is 2. The fourth-order valence-corrected chi connectivity index (χ4v) is 2.12. The van der Waals surface area contributed by atoms with Crippen LogP contribution in [0.3, 0.4) is 0 Å². The molecule has 1 aromatic carbocycles. The molecule has 0 aliphatic heterocycles. The van der Waals surface area contributed by atoms with Gasteiger partial charge in [-0.3, -0.25) is 9.59 Å². The Morgan fingerprint density at radius 1 is 1.50 bits per heavy atom. The van der Waals surface area contributed by atoms with Crippen molar-refractivity contribution in [2.24, 2.45) is 0 Å². The summed E-state index contributed by atoms with van der Waals surface area (Å²) in [5.41, 5.74) is 1.41. The van der Waals surface area contributed by atoms with Crippen LogP contribution in [0.5, 0.6) is 0 Å². The van der Waals surface area contributed by atoms with Gasteiger partial charge in [0, 0.05) is 10.9 Å². The lowest BCUT2D eigenvalue weighted by atomic mass is 10.0. The van der Waals surface area contributed by atoms with E-state index in [0.29, 0.717) is 17.8 Å². The zero-order valence-corrected chi connectivity index (χ0v) is 9.84. The summed E-state index contributed by atoms with van der Waals surface area (Å²) in [5, 5.41) is 12.2. The average Bonchev–Trinajstić information content (AvgIpc) is 2.63. The van der Waals surface area contributed by atoms with E-state index in [2.05, 4.69) is 5.32 Å². The van der Waals surface area contributed by atoms with Crippen molar-refractivity contribution in [2.75, 3.05) is 0 Å². The van der Waals surface area contributed by atoms with Crippen molar-refractivity contribution < 1.29 is 19.1 Å². The van der Waals surface area contributed by atoms with Crippen molar-refractivity contribution in [1.82, 2.24) is 5.32 Å². The Bertz CT molecular complexity index is 588. The number of carboxylic acid groups (broad SMARTS) is 1. The number of carbonyl (C=O) groups is 2. The van der Waals surface area contributed by atoms with Crippen LogP contribution in [0.4, 0.5) is 0 Å². The summed E-state index contributed by atoms with van der Waals surface area (Å²) in [7, 11) is 0. The van der Waals surface area contributed by atoms with Crippen molar-refractivity contribution in [3.05, 3.63) is 35.6 Å². The second-order valence-corrected chi connectivity index (χ2v) is 4.00. The number of nitrogens with one attached hydrogen (secondary N) is 1. The van der Waals surface area contributed by atoms with E-state index in [9.17, 15) is 9.59 Å². The maximum absolute atomic E-state index is 10.8. The molecule has 2 aromatic rings. The number of rotatable bonds is 5. The molecular formula is C13H13NO4. The molecule has 18 heavy (non-hydrogen) atoms. The average molecular weight is 247 g/mol. The van der Waals surface area contributed by atoms with Crippen LogP contribution in [0.2, 0.25) is 0 Å². The van der Waals surface area contributed by atoms with Gasteiger partial charge in [-0.25, -0.2) is 0 Å². The fraction of sp³-hybridized carbons (Fsp3) is 0.231. The Balaban J connectivity index is 2.51. The largest absolute Gasteiger partial charge is 0.481 e. The third kappa shape index (κ3) is 2.20. The highest BCUT2D eigenvalue weighted by atomic mass is 16.4. The van der Waals surface area contributed by atoms with Gasteiger partial charge in [-0.05, 0) is 13.0 Å². The molecule has 0 spiro atoms. The summed E-state index contributed by atoms with van der Waals surface area (Å²) in [6.45, 7) is 1.76. The standard InChI is InChI=1S/C13H13NO4/c1-8-13(10(14-7-15)6-12(16)17)9-4-2-3-5-11(9)18-8/h2-5,7,10H,6H2,1H3,(H,14,15)(H,16,17)/t10-/m1/s1. The molecular weight excluding hydrogens is 234 g/mol. The van der Waals surface area contributed by atoms with Gasteiger partial charge in [0.25, 0.3) is 0 Å². The van der Waals surface area contributed by atoms with E-state index < -0.39 is 12.0 Å². The Morgan fingerprint density at radius 2 is 2.22 bits per heavy atom. The van der Waals surface area contributed by atoms with Crippen molar-refractivity contribution in [3.63, 3.8) is 0 Å². The SMILES string of the molecule is Cc1oc2ccccc2c1[C@@H](CC(=O)O)NC=O. The van der Waals surface area contributed by atoms with Crippen LogP contribution in [-0.2, 0) is 9.59 Å². The zero-order valence-electron chi connectivity index (χ0n) is 9.84. The summed E-state index contributed by atoms with van der Waals surface area (Å²) in [6, 6.07) is 6.77. The molecule has 5 nitrogen and oxygen atoms in total. The molecule has 0 radical (unpaired) electrons. The fourth-order valence-electron chi connectivity index (χ4n) is 2.12. The van der Waals surface area contributed by atoms with Crippen molar-refractivity contribution in [3.8, 4) is 0 Å². The van der Waals surface area contributed by atoms with Gasteiger partial charge in [0.05, 0.1) is 12.5 Å². The molecule has 0 aliphatic carbocycles. The minimum absolute atomic E-state index is 0.177. The number of para-hydroxylation sites is 1. The molecule has 0 fully saturated rings. The lowest BCUT2D eigenvalue weighted by Crippen LogP contribution is -2.22. The molecule has 1 heterocycles. The Morgan fingerprint density at radius 3 is 2.89 bits per heavy atom. The molecule has 0 bridgehead atoms. The number of fused-ring (bicyclic) bond motifs is 1. The van der Waals surface area contributed by atoms with Crippen LogP contribution in [-0.4, -0.2) is 17.5 Å². The van der Waals surface area contributed by atoms with Gasteiger partial charge in [-0.2, -0.15) is 0 Å². The first-order valence-corrected chi connectivity index (χ1v) is 5.53. The van der Waals surface area contributed by atoms with Crippen LogP contribution < -0.4 is 5.32 Å². The predicted octanol–water partition coefficient (Wildman–Crippen LogP) is 2.00. The molecule has 0 aliphatic rings. The minimum atomic E-state index is -0.973. The highest BCUT2D eigenvalue weighted by Crippen LogP contribution is 2.31. The summed E-state index contributed by atoms with van der Waals surface area (Å²) < 4.78 is 5.56. The number of furan rings is 1. The van der Waals surface area contributed by atoms with Gasteiger partial charge >= 0.3 is 5.97 Å². The maximum Gasteiger partial charge on any atom is 0.305 e. The Kier molecular flexibility index (Phi) is 3.32. The van der Waals surface area contributed by atoms with E-state index in [0.717, 1.165) is 10.9 Å². The normalized spacial score (nSPS) is 12.3. The first-order valence-electron chi connectivity index (χ1n) is 5.53. The van der Waals surface area contributed by atoms with E-state index in [1.807, 2.05) is 24.3 Å². The second kappa shape index (κ2) is 4.91. The molecule has 2 rings (SSSR count). The number of amides is 1. The Hall–Kier alpha value is -2.30. The van der Waals surface area contributed by atoms with Crippen LogP contribution in [0.25, 0.3) is 11.0 Å². The van der Waals surface area contributed by atoms with Crippen molar-refractivity contribution in [1.29, 1.82) is 0 Å². The summed E-state index contributed by atoms with van der Waals surface area (Å²) >= 11 is 0. The first-order chi connectivity index (χ1) is 8.63. The van der Waals surface area contributed by atoms with Crippen LogP contribution >= 0.6 is 0 Å². The molecule has 0 unspecified atom stereocenters. The number of aryl methyl sites for hydroxylation is 1. The number of hydrogen-bond acceptors (Lipinski definition) is 3. The van der Waals surface area contributed by atoms with E-state index in [4.69, 9.17) is 9.52 Å². The van der Waals surface area contributed by atoms with Crippen molar-refractivity contribution in [2.45, 2.75) is 19.4 Å². The van der Waals surface area contributed by atoms with Gasteiger partial charge in [-0.15, -0.1) is 0 Å². The molecule has 1 aromatic heterocycles. The van der Waals surface area contributed by atoms with Crippen LogP contribution in [0.15, 0.2) is 28.7 Å². The van der Waals surface area contributed by atoms with Gasteiger partial charge in [-0.1, -0.05) is 18.2 Å². The smallest absolute Gasteiger partial charge is 0.305 e. The molecule has 0 saturated heterocycles. The quantitative estimate of drug-likeness (QED) is 0.792. The van der Waals surface area contributed by atoms with Gasteiger partial charge < -0.3 is 14.8 Å². The zero-order chi connectivity index (χ0) is 13.1. The third-order valence-electron chi connectivity index (χ3n) is 2.82. The molecule has 1 atom stereocenters. The third-order valence-corrected chi connectivity index (χ3v) is 2.82. The van der Waals surface area contributed by atoms with E-state index >= 15 is 0 Å². The molecule has 5 heteroatoms. The number of benzene rings is 1. The molecule has 94 valence electrons. The van der Waals surface area contributed by atoms with E-state index in [1.165, 1.54) is 0 Å². The summed E-state index contributed by atoms with van der Waals surface area (Å²) in [6.07, 6.45) is 0.331. The van der Waals surface area contributed by atoms with E-state index in [-0.39, 0.29) is 6.42 Å². The number of carbonyl (C=O) groups excluding carboxylic acids is 1. The van der Waals surface area contributed by atoms with Crippen LogP contribution in [0.1, 0.15) is 23.8 Å². The molecule has 1 amide bonds. The Labute approximate surface area is 103 Å². The van der Waals surface area contributed by atoms with E-state index in [1.54, 1.807) is 6.92 Å². The van der Waals surface area contributed by atoms with Crippen molar-refractivity contribution >= 4 is 23.3 Å². The number of carboxylic acids is 1. The molecule has 0 saturated carbocycles. The second-order valence-electron chi connectivity index (χ2n) is 4.00. The molecule has 2 N–H and O–H groups in total. The lowest BCUT2D eigenvalue weighted by Gasteiger charge is -2.13. The summed E-state index contributed by atoms with van der Waals surface area (Å²) in [4.78, 5) is 21.4. The predicted molar refractivity (Wildman–Crippen MR) is 65.1 cm³/mol. The van der Waals surface area contributed by atoms with Gasteiger partial charge in [0.1, 0.15) is 11.3 Å². The summed E-state index contributed by atoms with van der Waals surface area (Å²) in [5.74, 6) is -0.351. The lowest BCUT2D eigenvalue weighted by molar-refractivity contribution is -0.137. The minimum Gasteiger partial charge on any atom is -0.481 e. The number of aliphatic carboxylic acids is 1. The topological polar surface area (TPSA) is 79.5 Å².